The van der Waals surface area contributed by atoms with Crippen LogP contribution in [0, 0.1) is 6.92 Å². The van der Waals surface area contributed by atoms with Crippen molar-refractivity contribution < 1.29 is 14.3 Å². The van der Waals surface area contributed by atoms with Gasteiger partial charge in [-0.25, -0.2) is 4.79 Å². The fourth-order valence-corrected chi connectivity index (χ4v) is 2.59. The highest BCUT2D eigenvalue weighted by Crippen LogP contribution is 2.26. The number of aryl methyl sites for hydroxylation is 1. The fraction of sp³-hybridized carbons (Fsp3) is 0.0909. The molecule has 0 aliphatic heterocycles. The lowest BCUT2D eigenvalue weighted by molar-refractivity contribution is 0.0600. The average molecular weight is 360 g/mol. The molecule has 0 bridgehead atoms. The van der Waals surface area contributed by atoms with Crippen LogP contribution >= 0.6 is 0 Å². The predicted octanol–water partition coefficient (Wildman–Crippen LogP) is 4.78. The van der Waals surface area contributed by atoms with E-state index in [1.165, 1.54) is 18.7 Å². The number of esters is 1. The minimum absolute atomic E-state index is 0.307. The number of amides is 1. The van der Waals surface area contributed by atoms with Crippen molar-refractivity contribution in [1.29, 1.82) is 0 Å². The van der Waals surface area contributed by atoms with Gasteiger partial charge in [0, 0.05) is 11.3 Å². The second-order valence-corrected chi connectivity index (χ2v) is 6.06. The van der Waals surface area contributed by atoms with Gasteiger partial charge in [-0.2, -0.15) is 0 Å². The molecular formula is C22H20N2O3. The van der Waals surface area contributed by atoms with E-state index < -0.39 is 5.97 Å². The van der Waals surface area contributed by atoms with Crippen LogP contribution in [0.1, 0.15) is 26.3 Å². The Balaban J connectivity index is 1.80. The third kappa shape index (κ3) is 4.52. The summed E-state index contributed by atoms with van der Waals surface area (Å²) in [5, 5.41) is 6.20. The van der Waals surface area contributed by atoms with Gasteiger partial charge in [0.05, 0.1) is 24.0 Å². The van der Waals surface area contributed by atoms with E-state index >= 15 is 0 Å². The van der Waals surface area contributed by atoms with Crippen molar-refractivity contribution in [1.82, 2.24) is 0 Å². The summed E-state index contributed by atoms with van der Waals surface area (Å²) in [7, 11) is 1.31. The Morgan fingerprint density at radius 3 is 2.19 bits per heavy atom. The number of carbonyl (C=O) groups is 2. The Kier molecular flexibility index (Phi) is 5.52. The molecule has 0 aliphatic rings. The quantitative estimate of drug-likeness (QED) is 0.643. The van der Waals surface area contributed by atoms with Gasteiger partial charge >= 0.3 is 5.97 Å². The van der Waals surface area contributed by atoms with Crippen molar-refractivity contribution in [2.75, 3.05) is 17.7 Å². The molecule has 136 valence electrons. The second kappa shape index (κ2) is 8.19. The third-order valence-corrected chi connectivity index (χ3v) is 4.05. The predicted molar refractivity (Wildman–Crippen MR) is 107 cm³/mol. The minimum Gasteiger partial charge on any atom is -0.465 e. The molecule has 5 nitrogen and oxygen atoms in total. The Labute approximate surface area is 158 Å². The molecule has 3 aromatic carbocycles. The van der Waals surface area contributed by atoms with Crippen LogP contribution in [0.4, 0.5) is 17.1 Å². The van der Waals surface area contributed by atoms with Crippen molar-refractivity contribution in [2.45, 2.75) is 6.92 Å². The van der Waals surface area contributed by atoms with E-state index in [2.05, 4.69) is 10.6 Å². The molecule has 1 amide bonds. The topological polar surface area (TPSA) is 67.4 Å². The molecule has 27 heavy (non-hydrogen) atoms. The van der Waals surface area contributed by atoms with Gasteiger partial charge in [-0.05, 0) is 49.4 Å². The van der Waals surface area contributed by atoms with Crippen LogP contribution < -0.4 is 10.6 Å². The van der Waals surface area contributed by atoms with Gasteiger partial charge in [0.1, 0.15) is 0 Å². The summed E-state index contributed by atoms with van der Waals surface area (Å²) in [5.41, 5.74) is 4.23. The number of hydrogen-bond acceptors (Lipinski definition) is 4. The SMILES string of the molecule is COC(=O)c1cccc(C(=O)Nc2ccccc2Nc2ccc(C)cc2)c1. The molecule has 0 aliphatic carbocycles. The smallest absolute Gasteiger partial charge is 0.337 e. The zero-order valence-corrected chi connectivity index (χ0v) is 15.2. The van der Waals surface area contributed by atoms with E-state index in [-0.39, 0.29) is 5.91 Å². The number of para-hydroxylation sites is 2. The lowest BCUT2D eigenvalue weighted by atomic mass is 10.1. The van der Waals surface area contributed by atoms with Gasteiger partial charge < -0.3 is 15.4 Å². The van der Waals surface area contributed by atoms with Gasteiger partial charge in [-0.3, -0.25) is 4.79 Å². The first-order valence-electron chi connectivity index (χ1n) is 8.49. The molecule has 0 heterocycles. The van der Waals surface area contributed by atoms with Crippen molar-refractivity contribution in [3.05, 3.63) is 89.5 Å². The summed E-state index contributed by atoms with van der Waals surface area (Å²) in [5.74, 6) is -0.787. The molecule has 0 saturated carbocycles. The maximum absolute atomic E-state index is 12.6. The number of ether oxygens (including phenoxy) is 1. The average Bonchev–Trinajstić information content (AvgIpc) is 2.70. The highest BCUT2D eigenvalue weighted by atomic mass is 16.5. The maximum atomic E-state index is 12.6. The Morgan fingerprint density at radius 1 is 0.815 bits per heavy atom. The normalized spacial score (nSPS) is 10.1. The minimum atomic E-state index is -0.480. The summed E-state index contributed by atoms with van der Waals surface area (Å²) >= 11 is 0. The summed E-state index contributed by atoms with van der Waals surface area (Å²) in [6, 6.07) is 21.9. The monoisotopic (exact) mass is 360 g/mol. The molecule has 0 fully saturated rings. The van der Waals surface area contributed by atoms with E-state index in [0.29, 0.717) is 16.8 Å². The van der Waals surface area contributed by atoms with Gasteiger partial charge in [0.15, 0.2) is 0 Å². The van der Waals surface area contributed by atoms with Crippen molar-refractivity contribution in [3.63, 3.8) is 0 Å². The van der Waals surface area contributed by atoms with Crippen molar-refractivity contribution >= 4 is 28.9 Å². The summed E-state index contributed by atoms with van der Waals surface area (Å²) in [6.07, 6.45) is 0. The van der Waals surface area contributed by atoms with Crippen LogP contribution in [0.3, 0.4) is 0 Å². The number of methoxy groups -OCH3 is 1. The molecule has 2 N–H and O–H groups in total. The highest BCUT2D eigenvalue weighted by molar-refractivity contribution is 6.07. The molecule has 0 atom stereocenters. The molecule has 3 rings (SSSR count). The molecule has 0 spiro atoms. The van der Waals surface area contributed by atoms with E-state index in [1.807, 2.05) is 55.5 Å². The van der Waals surface area contributed by atoms with Gasteiger partial charge in [-0.15, -0.1) is 0 Å². The molecule has 0 unspecified atom stereocenters. The van der Waals surface area contributed by atoms with Crippen LogP contribution in [0.25, 0.3) is 0 Å². The van der Waals surface area contributed by atoms with Crippen LogP contribution in [-0.4, -0.2) is 19.0 Å². The first kappa shape index (κ1) is 18.2. The Bertz CT molecular complexity index is 965. The zero-order valence-electron chi connectivity index (χ0n) is 15.2. The van der Waals surface area contributed by atoms with Gasteiger partial charge in [-0.1, -0.05) is 35.9 Å². The zero-order chi connectivity index (χ0) is 19.2. The molecular weight excluding hydrogens is 340 g/mol. The van der Waals surface area contributed by atoms with Gasteiger partial charge in [0.2, 0.25) is 0 Å². The summed E-state index contributed by atoms with van der Waals surface area (Å²) in [6.45, 7) is 2.03. The van der Waals surface area contributed by atoms with E-state index in [9.17, 15) is 9.59 Å². The second-order valence-electron chi connectivity index (χ2n) is 6.06. The lowest BCUT2D eigenvalue weighted by Gasteiger charge is -2.13. The third-order valence-electron chi connectivity index (χ3n) is 4.05. The number of hydrogen-bond donors (Lipinski definition) is 2. The van der Waals surface area contributed by atoms with Crippen LogP contribution in [0.15, 0.2) is 72.8 Å². The van der Waals surface area contributed by atoms with E-state index in [1.54, 1.807) is 18.2 Å². The molecule has 0 saturated heterocycles. The lowest BCUT2D eigenvalue weighted by Crippen LogP contribution is -2.14. The number of rotatable bonds is 5. The first-order valence-corrected chi connectivity index (χ1v) is 8.49. The van der Waals surface area contributed by atoms with Crippen LogP contribution in [-0.2, 0) is 4.74 Å². The fourth-order valence-electron chi connectivity index (χ4n) is 2.59. The van der Waals surface area contributed by atoms with E-state index in [4.69, 9.17) is 4.74 Å². The number of benzene rings is 3. The van der Waals surface area contributed by atoms with Crippen molar-refractivity contribution in [3.8, 4) is 0 Å². The van der Waals surface area contributed by atoms with Crippen molar-refractivity contribution in [2.24, 2.45) is 0 Å². The summed E-state index contributed by atoms with van der Waals surface area (Å²) < 4.78 is 4.70. The first-order chi connectivity index (χ1) is 13.1. The molecule has 0 aromatic heterocycles. The van der Waals surface area contributed by atoms with Crippen LogP contribution in [0.2, 0.25) is 0 Å². The number of nitrogens with one attached hydrogen (secondary N) is 2. The Hall–Kier alpha value is -3.60. The number of anilines is 3. The molecule has 5 heteroatoms. The van der Waals surface area contributed by atoms with Gasteiger partial charge in [0.25, 0.3) is 5.91 Å². The standard InChI is InChI=1S/C22H20N2O3/c1-15-10-12-18(13-11-15)23-19-8-3-4-9-20(19)24-21(25)16-6-5-7-17(14-16)22(26)27-2/h3-14,23H,1-2H3,(H,24,25). The Morgan fingerprint density at radius 2 is 1.48 bits per heavy atom. The van der Waals surface area contributed by atoms with E-state index in [0.717, 1.165) is 11.4 Å². The maximum Gasteiger partial charge on any atom is 0.337 e. The largest absolute Gasteiger partial charge is 0.465 e. The number of carbonyl (C=O) groups excluding carboxylic acids is 2. The molecule has 0 radical (unpaired) electrons. The summed E-state index contributed by atoms with van der Waals surface area (Å²) in [4.78, 5) is 24.3. The molecule has 3 aromatic rings. The highest BCUT2D eigenvalue weighted by Gasteiger charge is 2.12. The van der Waals surface area contributed by atoms with Crippen LogP contribution in [0.5, 0.6) is 0 Å².